The minimum Gasteiger partial charge on any atom is -0.456 e. The Kier molecular flexibility index (Phi) is 9.38. The van der Waals surface area contributed by atoms with Gasteiger partial charge >= 0.3 is 0 Å². The van der Waals surface area contributed by atoms with Crippen molar-refractivity contribution in [2.45, 2.75) is 0 Å². The fraction of sp³-hybridized carbons (Fsp3) is 0. The van der Waals surface area contributed by atoms with Crippen molar-refractivity contribution in [2.75, 3.05) is 0 Å². The number of furan rings is 1. The SMILES string of the molecule is c1ccc(-c2ccc(-c3nc(-c4ccccc4)nc(-c4cccc(-c5cccc(-c6cc(-c7ccc8c(c7)oc7cc9ccccc9cc78)nc(-c7ccccc7)n6)c5)c4)n3)cc2)cc1. The monoisotopic (exact) mass is 831 g/mol. The van der Waals surface area contributed by atoms with E-state index < -0.39 is 0 Å². The molecule has 6 heteroatoms. The Balaban J connectivity index is 0.923. The molecule has 0 spiro atoms. The summed E-state index contributed by atoms with van der Waals surface area (Å²) in [5, 5.41) is 4.51. The third-order valence-corrected chi connectivity index (χ3v) is 11.9. The predicted molar refractivity (Wildman–Crippen MR) is 264 cm³/mol. The third kappa shape index (κ3) is 7.39. The first-order chi connectivity index (χ1) is 32.1. The van der Waals surface area contributed by atoms with Crippen LogP contribution >= 0.6 is 0 Å². The molecule has 0 saturated carbocycles. The van der Waals surface area contributed by atoms with Gasteiger partial charge in [-0.05, 0) is 75.5 Å². The van der Waals surface area contributed by atoms with Gasteiger partial charge in [0.1, 0.15) is 11.2 Å². The van der Waals surface area contributed by atoms with Gasteiger partial charge in [0.2, 0.25) is 0 Å². The fourth-order valence-corrected chi connectivity index (χ4v) is 8.57. The average molecular weight is 832 g/mol. The molecule has 12 rings (SSSR count). The van der Waals surface area contributed by atoms with E-state index in [0.29, 0.717) is 23.3 Å². The second-order valence-corrected chi connectivity index (χ2v) is 16.1. The van der Waals surface area contributed by atoms with E-state index in [1.165, 1.54) is 5.39 Å². The molecule has 65 heavy (non-hydrogen) atoms. The number of rotatable bonds is 8. The quantitative estimate of drug-likeness (QED) is 0.152. The van der Waals surface area contributed by atoms with Crippen molar-refractivity contribution in [1.82, 2.24) is 24.9 Å². The van der Waals surface area contributed by atoms with Gasteiger partial charge in [-0.3, -0.25) is 0 Å². The van der Waals surface area contributed by atoms with Crippen molar-refractivity contribution in [3.63, 3.8) is 0 Å². The predicted octanol–water partition coefficient (Wildman–Crippen LogP) is 15.1. The Morgan fingerprint density at radius 3 is 1.26 bits per heavy atom. The van der Waals surface area contributed by atoms with Crippen LogP contribution in [0.5, 0.6) is 0 Å². The lowest BCUT2D eigenvalue weighted by molar-refractivity contribution is 0.669. The summed E-state index contributed by atoms with van der Waals surface area (Å²) in [6.45, 7) is 0. The van der Waals surface area contributed by atoms with Crippen LogP contribution in [-0.4, -0.2) is 24.9 Å². The van der Waals surface area contributed by atoms with Crippen LogP contribution in [0.2, 0.25) is 0 Å². The molecule has 0 aliphatic carbocycles. The second-order valence-electron chi connectivity index (χ2n) is 16.1. The molecule has 3 heterocycles. The molecular weight excluding hydrogens is 795 g/mol. The summed E-state index contributed by atoms with van der Waals surface area (Å²) in [7, 11) is 0. The van der Waals surface area contributed by atoms with Crippen LogP contribution in [-0.2, 0) is 0 Å². The van der Waals surface area contributed by atoms with Crippen LogP contribution in [0, 0.1) is 0 Å². The smallest absolute Gasteiger partial charge is 0.164 e. The minimum atomic E-state index is 0.599. The zero-order valence-electron chi connectivity index (χ0n) is 35.0. The van der Waals surface area contributed by atoms with Crippen molar-refractivity contribution in [2.24, 2.45) is 0 Å². The van der Waals surface area contributed by atoms with Crippen molar-refractivity contribution < 1.29 is 4.42 Å². The molecule has 3 aromatic heterocycles. The Morgan fingerprint density at radius 2 is 0.631 bits per heavy atom. The van der Waals surface area contributed by atoms with E-state index >= 15 is 0 Å². The molecule has 0 atom stereocenters. The van der Waals surface area contributed by atoms with Crippen LogP contribution in [0.25, 0.3) is 123 Å². The first kappa shape index (κ1) is 37.9. The largest absolute Gasteiger partial charge is 0.456 e. The summed E-state index contributed by atoms with van der Waals surface area (Å²) in [6.07, 6.45) is 0. The average Bonchev–Trinajstić information content (AvgIpc) is 3.75. The molecule has 304 valence electrons. The molecule has 12 aromatic rings. The van der Waals surface area contributed by atoms with Gasteiger partial charge in [0, 0.05) is 44.2 Å². The van der Waals surface area contributed by atoms with Gasteiger partial charge in [-0.1, -0.05) is 182 Å². The molecule has 6 nitrogen and oxygen atoms in total. The van der Waals surface area contributed by atoms with Gasteiger partial charge in [-0.25, -0.2) is 24.9 Å². The molecule has 0 saturated heterocycles. The molecule has 0 bridgehead atoms. The highest BCUT2D eigenvalue weighted by molar-refractivity contribution is 6.10. The molecule has 0 fully saturated rings. The molecule has 0 N–H and O–H groups in total. The number of hydrogen-bond acceptors (Lipinski definition) is 6. The number of hydrogen-bond donors (Lipinski definition) is 0. The first-order valence-electron chi connectivity index (χ1n) is 21.6. The number of nitrogens with zero attached hydrogens (tertiary/aromatic N) is 5. The van der Waals surface area contributed by atoms with Gasteiger partial charge < -0.3 is 4.42 Å². The summed E-state index contributed by atoms with van der Waals surface area (Å²) in [5.74, 6) is 2.48. The maximum atomic E-state index is 6.48. The van der Waals surface area contributed by atoms with Crippen LogP contribution < -0.4 is 0 Å². The highest BCUT2D eigenvalue weighted by Gasteiger charge is 2.17. The lowest BCUT2D eigenvalue weighted by Gasteiger charge is -2.12. The molecule has 0 radical (unpaired) electrons. The number of fused-ring (bicyclic) bond motifs is 4. The van der Waals surface area contributed by atoms with E-state index in [9.17, 15) is 0 Å². The minimum absolute atomic E-state index is 0.599. The third-order valence-electron chi connectivity index (χ3n) is 11.9. The summed E-state index contributed by atoms with van der Waals surface area (Å²) in [5.41, 5.74) is 13.3. The van der Waals surface area contributed by atoms with E-state index in [2.05, 4.69) is 158 Å². The zero-order chi connectivity index (χ0) is 43.1. The molecule has 9 aromatic carbocycles. The van der Waals surface area contributed by atoms with Crippen molar-refractivity contribution >= 4 is 32.7 Å². The van der Waals surface area contributed by atoms with Crippen molar-refractivity contribution in [1.29, 1.82) is 0 Å². The van der Waals surface area contributed by atoms with Gasteiger partial charge in [0.05, 0.1) is 11.4 Å². The van der Waals surface area contributed by atoms with Gasteiger partial charge in [0.25, 0.3) is 0 Å². The van der Waals surface area contributed by atoms with Crippen LogP contribution in [0.3, 0.4) is 0 Å². The number of aromatic nitrogens is 5. The molecule has 0 aliphatic rings. The van der Waals surface area contributed by atoms with Crippen molar-refractivity contribution in [3.8, 4) is 90.3 Å². The lowest BCUT2D eigenvalue weighted by Crippen LogP contribution is -2.00. The maximum absolute atomic E-state index is 6.48. The summed E-state index contributed by atoms with van der Waals surface area (Å²) < 4.78 is 6.48. The van der Waals surface area contributed by atoms with E-state index in [1.807, 2.05) is 66.7 Å². The molecule has 0 aliphatic heterocycles. The van der Waals surface area contributed by atoms with Gasteiger partial charge in [-0.15, -0.1) is 0 Å². The lowest BCUT2D eigenvalue weighted by atomic mass is 9.98. The normalized spacial score (nSPS) is 11.4. The fourth-order valence-electron chi connectivity index (χ4n) is 8.57. The first-order valence-corrected chi connectivity index (χ1v) is 21.6. The Bertz CT molecular complexity index is 3700. The summed E-state index contributed by atoms with van der Waals surface area (Å²) in [4.78, 5) is 25.4. The second kappa shape index (κ2) is 16.1. The van der Waals surface area contributed by atoms with E-state index in [0.717, 1.165) is 94.3 Å². The molecular formula is C59H37N5O. The Morgan fingerprint density at radius 1 is 0.231 bits per heavy atom. The van der Waals surface area contributed by atoms with Crippen LogP contribution in [0.4, 0.5) is 0 Å². The number of benzene rings is 9. The zero-order valence-corrected chi connectivity index (χ0v) is 35.0. The maximum Gasteiger partial charge on any atom is 0.164 e. The van der Waals surface area contributed by atoms with Gasteiger partial charge in [-0.2, -0.15) is 0 Å². The highest BCUT2D eigenvalue weighted by atomic mass is 16.3. The van der Waals surface area contributed by atoms with E-state index in [1.54, 1.807) is 0 Å². The van der Waals surface area contributed by atoms with Crippen LogP contribution in [0.15, 0.2) is 229 Å². The van der Waals surface area contributed by atoms with Crippen molar-refractivity contribution in [3.05, 3.63) is 224 Å². The van der Waals surface area contributed by atoms with Crippen LogP contribution in [0.1, 0.15) is 0 Å². The molecule has 0 unspecified atom stereocenters. The topological polar surface area (TPSA) is 77.6 Å². The highest BCUT2D eigenvalue weighted by Crippen LogP contribution is 2.37. The molecule has 0 amide bonds. The van der Waals surface area contributed by atoms with E-state index in [-0.39, 0.29) is 0 Å². The standard InChI is InChI=1S/C59H37N5O/c1-4-14-38(15-5-1)39-26-28-42(29-27-39)58-62-57(41-18-8-3-9-19-41)63-59(64-58)49-25-13-23-44(33-49)43-22-12-24-47(32-43)52-37-53(61-56(60-52)40-16-6-2-7-17-40)48-30-31-50-51-34-45-20-10-11-21-46(45)35-55(51)65-54(50)36-48/h1-37H. The Labute approximate surface area is 375 Å². The van der Waals surface area contributed by atoms with E-state index in [4.69, 9.17) is 29.3 Å². The van der Waals surface area contributed by atoms with Gasteiger partial charge in [0.15, 0.2) is 23.3 Å². The Hall–Kier alpha value is -8.87. The summed E-state index contributed by atoms with van der Waals surface area (Å²) >= 11 is 0. The summed E-state index contributed by atoms with van der Waals surface area (Å²) in [6, 6.07) is 77.0.